The molecule has 20 heavy (non-hydrogen) atoms. The Hall–Kier alpha value is -0.880. The van der Waals surface area contributed by atoms with Gasteiger partial charge in [0, 0.05) is 28.2 Å². The van der Waals surface area contributed by atoms with Gasteiger partial charge in [0.05, 0.1) is 0 Å². The molecule has 2 N–H and O–H groups in total. The van der Waals surface area contributed by atoms with Crippen LogP contribution in [-0.4, -0.2) is 29.3 Å². The van der Waals surface area contributed by atoms with Crippen molar-refractivity contribution in [1.29, 1.82) is 0 Å². The standard InChI is InChI=1S/C14H19BrN2O2S/c1-2-11(14(16)19)17-6-3-4-9(8-12(17)18)13-10(15)5-7-20-13/h5,7,9,11H,2-4,6,8H2,1H3,(H2,16,19). The van der Waals surface area contributed by atoms with Gasteiger partial charge in [-0.2, -0.15) is 0 Å². The number of likely N-dealkylation sites (tertiary alicyclic amines) is 1. The summed E-state index contributed by atoms with van der Waals surface area (Å²) in [6, 6.07) is 1.55. The van der Waals surface area contributed by atoms with Gasteiger partial charge in [-0.25, -0.2) is 0 Å². The van der Waals surface area contributed by atoms with E-state index in [1.807, 2.05) is 18.4 Å². The van der Waals surface area contributed by atoms with Gasteiger partial charge in [0.15, 0.2) is 0 Å². The number of carbonyl (C=O) groups is 2. The molecule has 1 aliphatic rings. The number of primary amides is 1. The van der Waals surface area contributed by atoms with E-state index in [0.29, 0.717) is 19.4 Å². The zero-order valence-electron chi connectivity index (χ0n) is 11.5. The van der Waals surface area contributed by atoms with Crippen LogP contribution in [0.3, 0.4) is 0 Å². The Morgan fingerprint density at radius 2 is 2.40 bits per heavy atom. The second kappa shape index (κ2) is 6.72. The Labute approximate surface area is 131 Å². The van der Waals surface area contributed by atoms with Crippen LogP contribution >= 0.6 is 27.3 Å². The summed E-state index contributed by atoms with van der Waals surface area (Å²) in [5.74, 6) is -0.123. The van der Waals surface area contributed by atoms with Crippen molar-refractivity contribution in [2.75, 3.05) is 6.54 Å². The van der Waals surface area contributed by atoms with Gasteiger partial charge in [-0.1, -0.05) is 6.92 Å². The minimum Gasteiger partial charge on any atom is -0.368 e. The van der Waals surface area contributed by atoms with Crippen molar-refractivity contribution in [2.45, 2.75) is 44.6 Å². The SMILES string of the molecule is CCC(C(N)=O)N1CCCC(c2sccc2Br)CC1=O. The van der Waals surface area contributed by atoms with Crippen LogP contribution in [0.4, 0.5) is 0 Å². The first-order valence-electron chi connectivity index (χ1n) is 6.86. The molecule has 110 valence electrons. The van der Waals surface area contributed by atoms with Crippen molar-refractivity contribution < 1.29 is 9.59 Å². The zero-order chi connectivity index (χ0) is 14.7. The lowest BCUT2D eigenvalue weighted by molar-refractivity contribution is -0.139. The van der Waals surface area contributed by atoms with E-state index in [2.05, 4.69) is 15.9 Å². The first-order chi connectivity index (χ1) is 9.54. The molecule has 2 heterocycles. The lowest BCUT2D eigenvalue weighted by Gasteiger charge is -2.27. The summed E-state index contributed by atoms with van der Waals surface area (Å²) in [6.45, 7) is 2.51. The number of hydrogen-bond acceptors (Lipinski definition) is 3. The molecule has 1 aromatic heterocycles. The molecule has 4 nitrogen and oxygen atoms in total. The van der Waals surface area contributed by atoms with Crippen LogP contribution in [0.5, 0.6) is 0 Å². The molecule has 0 saturated carbocycles. The highest BCUT2D eigenvalue weighted by Gasteiger charge is 2.31. The quantitative estimate of drug-likeness (QED) is 0.899. The third-order valence-electron chi connectivity index (χ3n) is 3.80. The first kappa shape index (κ1) is 15.5. The second-order valence-electron chi connectivity index (χ2n) is 5.09. The van der Waals surface area contributed by atoms with Crippen LogP contribution in [0.25, 0.3) is 0 Å². The summed E-state index contributed by atoms with van der Waals surface area (Å²) in [4.78, 5) is 26.8. The molecule has 2 atom stereocenters. The van der Waals surface area contributed by atoms with Crippen molar-refractivity contribution in [2.24, 2.45) is 5.73 Å². The molecule has 0 spiro atoms. The number of carbonyl (C=O) groups excluding carboxylic acids is 2. The van der Waals surface area contributed by atoms with E-state index in [1.165, 1.54) is 4.88 Å². The maximum atomic E-state index is 12.4. The van der Waals surface area contributed by atoms with Crippen molar-refractivity contribution in [3.8, 4) is 0 Å². The van der Waals surface area contributed by atoms with Crippen LogP contribution in [0.15, 0.2) is 15.9 Å². The molecule has 2 unspecified atom stereocenters. The average Bonchev–Trinajstić information content (AvgIpc) is 2.73. The van der Waals surface area contributed by atoms with Gasteiger partial charge in [0.2, 0.25) is 11.8 Å². The lowest BCUT2D eigenvalue weighted by atomic mass is 9.99. The number of thiophene rings is 1. The van der Waals surface area contributed by atoms with Gasteiger partial charge in [-0.15, -0.1) is 11.3 Å². The van der Waals surface area contributed by atoms with Crippen molar-refractivity contribution in [1.82, 2.24) is 4.90 Å². The van der Waals surface area contributed by atoms with E-state index in [4.69, 9.17) is 5.73 Å². The van der Waals surface area contributed by atoms with Crippen LogP contribution in [0.1, 0.15) is 43.4 Å². The molecule has 1 fully saturated rings. The number of amides is 2. The molecule has 1 saturated heterocycles. The molecule has 1 aromatic rings. The average molecular weight is 359 g/mol. The van der Waals surface area contributed by atoms with Gasteiger partial charge in [0.25, 0.3) is 0 Å². The molecule has 2 rings (SSSR count). The normalized spacial score (nSPS) is 21.6. The predicted molar refractivity (Wildman–Crippen MR) is 83.6 cm³/mol. The van der Waals surface area contributed by atoms with E-state index < -0.39 is 11.9 Å². The van der Waals surface area contributed by atoms with E-state index >= 15 is 0 Å². The summed E-state index contributed by atoms with van der Waals surface area (Å²) in [5, 5.41) is 2.03. The molecular weight excluding hydrogens is 340 g/mol. The summed E-state index contributed by atoms with van der Waals surface area (Å²) in [7, 11) is 0. The van der Waals surface area contributed by atoms with E-state index in [1.54, 1.807) is 16.2 Å². The monoisotopic (exact) mass is 358 g/mol. The van der Waals surface area contributed by atoms with Gasteiger partial charge >= 0.3 is 0 Å². The molecule has 0 aromatic carbocycles. The molecule has 1 aliphatic heterocycles. The molecule has 0 radical (unpaired) electrons. The maximum Gasteiger partial charge on any atom is 0.240 e. The summed E-state index contributed by atoms with van der Waals surface area (Å²) in [5.41, 5.74) is 5.41. The largest absolute Gasteiger partial charge is 0.368 e. The molecular formula is C14H19BrN2O2S. The van der Waals surface area contributed by atoms with Crippen molar-refractivity contribution in [3.05, 3.63) is 20.8 Å². The highest BCUT2D eigenvalue weighted by molar-refractivity contribution is 9.10. The lowest BCUT2D eigenvalue weighted by Crippen LogP contribution is -2.47. The molecule has 6 heteroatoms. The minimum atomic E-state index is -0.465. The number of nitrogens with two attached hydrogens (primary N) is 1. The Morgan fingerprint density at radius 1 is 1.65 bits per heavy atom. The van der Waals surface area contributed by atoms with Gasteiger partial charge in [0.1, 0.15) is 6.04 Å². The van der Waals surface area contributed by atoms with Crippen LogP contribution < -0.4 is 5.73 Å². The first-order valence-corrected chi connectivity index (χ1v) is 8.53. The maximum absolute atomic E-state index is 12.4. The predicted octanol–water partition coefficient (Wildman–Crippen LogP) is 2.87. The fourth-order valence-electron chi connectivity index (χ4n) is 2.79. The molecule has 2 amide bonds. The Morgan fingerprint density at radius 3 is 2.95 bits per heavy atom. The van der Waals surface area contributed by atoms with Gasteiger partial charge in [-0.3, -0.25) is 9.59 Å². The third-order valence-corrected chi connectivity index (χ3v) is 5.83. The number of halogens is 1. The number of rotatable bonds is 4. The Kier molecular flexibility index (Phi) is 5.21. The second-order valence-corrected chi connectivity index (χ2v) is 6.89. The van der Waals surface area contributed by atoms with Gasteiger partial charge < -0.3 is 10.6 Å². The van der Waals surface area contributed by atoms with E-state index in [0.717, 1.165) is 17.3 Å². The highest BCUT2D eigenvalue weighted by atomic mass is 79.9. The van der Waals surface area contributed by atoms with Crippen LogP contribution in [0.2, 0.25) is 0 Å². The van der Waals surface area contributed by atoms with Crippen molar-refractivity contribution >= 4 is 39.1 Å². The number of hydrogen-bond donors (Lipinski definition) is 1. The summed E-state index contributed by atoms with van der Waals surface area (Å²) >= 11 is 5.22. The zero-order valence-corrected chi connectivity index (χ0v) is 13.9. The topological polar surface area (TPSA) is 63.4 Å². The summed E-state index contributed by atoms with van der Waals surface area (Å²) < 4.78 is 1.08. The fourth-order valence-corrected chi connectivity index (χ4v) is 4.62. The van der Waals surface area contributed by atoms with E-state index in [9.17, 15) is 9.59 Å². The Balaban J connectivity index is 2.15. The van der Waals surface area contributed by atoms with Crippen LogP contribution in [0, 0.1) is 0 Å². The fraction of sp³-hybridized carbons (Fsp3) is 0.571. The smallest absolute Gasteiger partial charge is 0.240 e. The minimum absolute atomic E-state index is 0.0402. The Bertz CT molecular complexity index is 503. The highest BCUT2D eigenvalue weighted by Crippen LogP contribution is 2.37. The molecule has 0 bridgehead atoms. The summed E-state index contributed by atoms with van der Waals surface area (Å²) in [6.07, 6.45) is 2.92. The van der Waals surface area contributed by atoms with Crippen molar-refractivity contribution in [3.63, 3.8) is 0 Å². The van der Waals surface area contributed by atoms with Crippen LogP contribution in [-0.2, 0) is 9.59 Å². The van der Waals surface area contributed by atoms with Gasteiger partial charge in [-0.05, 0) is 46.6 Å². The van der Waals surface area contributed by atoms with E-state index in [-0.39, 0.29) is 11.8 Å². The number of nitrogens with zero attached hydrogens (tertiary/aromatic N) is 1. The molecule has 0 aliphatic carbocycles. The third kappa shape index (κ3) is 3.23.